The molecule has 1 aliphatic carbocycles. The highest BCUT2D eigenvalue weighted by atomic mass is 16.4. The number of carbonyl (C=O) groups is 1. The molecule has 0 heterocycles. The third-order valence-corrected chi connectivity index (χ3v) is 2.30. The highest BCUT2D eigenvalue weighted by molar-refractivity contribution is 5.87. The van der Waals surface area contributed by atoms with Crippen LogP contribution in [-0.2, 0) is 4.79 Å². The van der Waals surface area contributed by atoms with E-state index in [0.717, 1.165) is 31.3 Å². The number of aliphatic hydroxyl groups is 1. The molecule has 0 amide bonds. The number of carboxylic acids is 1. The van der Waals surface area contributed by atoms with E-state index in [-0.39, 0.29) is 12.2 Å². The first kappa shape index (κ1) is 9.26. The number of aliphatic hydroxyl groups excluding tert-OH is 1. The Balaban J connectivity index is 2.75. The molecule has 0 aromatic heterocycles. The molecule has 3 nitrogen and oxygen atoms in total. The van der Waals surface area contributed by atoms with Gasteiger partial charge in [-0.2, -0.15) is 0 Å². The van der Waals surface area contributed by atoms with Crippen LogP contribution >= 0.6 is 0 Å². The van der Waals surface area contributed by atoms with Gasteiger partial charge >= 0.3 is 5.97 Å². The van der Waals surface area contributed by atoms with Crippen LogP contribution in [-0.4, -0.2) is 22.8 Å². The number of rotatable bonds is 2. The molecule has 12 heavy (non-hydrogen) atoms. The van der Waals surface area contributed by atoms with Crippen molar-refractivity contribution in [3.63, 3.8) is 0 Å². The molecule has 68 valence electrons. The van der Waals surface area contributed by atoms with E-state index in [2.05, 4.69) is 0 Å². The molecule has 0 bridgehead atoms. The monoisotopic (exact) mass is 170 g/mol. The largest absolute Gasteiger partial charge is 0.478 e. The van der Waals surface area contributed by atoms with Crippen LogP contribution < -0.4 is 0 Å². The lowest BCUT2D eigenvalue weighted by Gasteiger charge is -2.15. The summed E-state index contributed by atoms with van der Waals surface area (Å²) in [5, 5.41) is 17.5. The summed E-state index contributed by atoms with van der Waals surface area (Å²) in [5.41, 5.74) is 1.16. The van der Waals surface area contributed by atoms with Gasteiger partial charge < -0.3 is 10.2 Å². The quantitative estimate of drug-likeness (QED) is 0.614. The second kappa shape index (κ2) is 4.26. The van der Waals surface area contributed by atoms with Crippen molar-refractivity contribution >= 4 is 5.97 Å². The van der Waals surface area contributed by atoms with Crippen molar-refractivity contribution in [2.75, 3.05) is 6.61 Å². The van der Waals surface area contributed by atoms with Gasteiger partial charge in [0.2, 0.25) is 0 Å². The fraction of sp³-hybridized carbons (Fsp3) is 0.667. The summed E-state index contributed by atoms with van der Waals surface area (Å²) in [6.45, 7) is -0.329. The fourth-order valence-corrected chi connectivity index (χ4v) is 1.61. The van der Waals surface area contributed by atoms with Gasteiger partial charge in [0.15, 0.2) is 0 Å². The van der Waals surface area contributed by atoms with Crippen LogP contribution in [0.2, 0.25) is 0 Å². The molecule has 3 heteroatoms. The van der Waals surface area contributed by atoms with Gasteiger partial charge in [0.05, 0.1) is 12.2 Å². The van der Waals surface area contributed by atoms with Crippen molar-refractivity contribution in [1.82, 2.24) is 0 Å². The van der Waals surface area contributed by atoms with E-state index >= 15 is 0 Å². The maximum Gasteiger partial charge on any atom is 0.333 e. The van der Waals surface area contributed by atoms with E-state index in [1.807, 2.05) is 0 Å². The van der Waals surface area contributed by atoms with E-state index in [4.69, 9.17) is 10.2 Å². The van der Waals surface area contributed by atoms with Crippen molar-refractivity contribution < 1.29 is 15.0 Å². The molecule has 0 aliphatic heterocycles. The molecule has 0 radical (unpaired) electrons. The Morgan fingerprint density at radius 1 is 1.25 bits per heavy atom. The van der Waals surface area contributed by atoms with E-state index in [1.165, 1.54) is 6.42 Å². The molecule has 0 aromatic carbocycles. The number of aliphatic carboxylic acids is 1. The van der Waals surface area contributed by atoms with Crippen LogP contribution in [0.5, 0.6) is 0 Å². The van der Waals surface area contributed by atoms with Gasteiger partial charge in [-0.1, -0.05) is 12.0 Å². The van der Waals surface area contributed by atoms with Gasteiger partial charge in [0.25, 0.3) is 0 Å². The Morgan fingerprint density at radius 3 is 2.25 bits per heavy atom. The first-order valence-corrected chi connectivity index (χ1v) is 4.30. The maximum absolute atomic E-state index is 10.6. The van der Waals surface area contributed by atoms with Crippen LogP contribution in [0.3, 0.4) is 0 Å². The van der Waals surface area contributed by atoms with Crippen LogP contribution in [0.1, 0.15) is 32.1 Å². The standard InChI is InChI=1S/C9H14O3/c10-6-8(9(11)12)7-4-2-1-3-5-7/h10H,1-6H2,(H,11,12). The van der Waals surface area contributed by atoms with Crippen molar-refractivity contribution in [3.05, 3.63) is 11.1 Å². The zero-order valence-electron chi connectivity index (χ0n) is 7.05. The summed E-state index contributed by atoms with van der Waals surface area (Å²) in [5.74, 6) is -0.964. The Morgan fingerprint density at radius 2 is 1.83 bits per heavy atom. The second-order valence-corrected chi connectivity index (χ2v) is 3.11. The zero-order chi connectivity index (χ0) is 8.97. The summed E-state index contributed by atoms with van der Waals surface area (Å²) < 4.78 is 0. The third kappa shape index (κ3) is 2.08. The predicted octanol–water partition coefficient (Wildman–Crippen LogP) is 1.32. The zero-order valence-corrected chi connectivity index (χ0v) is 7.05. The van der Waals surface area contributed by atoms with E-state index in [0.29, 0.717) is 0 Å². The number of allylic oxidation sites excluding steroid dienone is 1. The lowest BCUT2D eigenvalue weighted by Crippen LogP contribution is -2.10. The van der Waals surface area contributed by atoms with Crippen molar-refractivity contribution in [2.24, 2.45) is 0 Å². The SMILES string of the molecule is O=C(O)C(CO)=C1CCCCC1. The molecule has 2 N–H and O–H groups in total. The predicted molar refractivity (Wildman–Crippen MR) is 44.8 cm³/mol. The molecular weight excluding hydrogens is 156 g/mol. The van der Waals surface area contributed by atoms with Gasteiger partial charge in [0, 0.05) is 0 Å². The molecule has 1 aliphatic rings. The maximum atomic E-state index is 10.6. The highest BCUT2D eigenvalue weighted by Crippen LogP contribution is 2.25. The lowest BCUT2D eigenvalue weighted by molar-refractivity contribution is -0.133. The lowest BCUT2D eigenvalue weighted by atomic mass is 9.91. The average molecular weight is 170 g/mol. The van der Waals surface area contributed by atoms with E-state index < -0.39 is 5.97 Å². The van der Waals surface area contributed by atoms with Crippen molar-refractivity contribution in [2.45, 2.75) is 32.1 Å². The smallest absolute Gasteiger partial charge is 0.333 e. The minimum Gasteiger partial charge on any atom is -0.478 e. The first-order valence-electron chi connectivity index (χ1n) is 4.30. The second-order valence-electron chi connectivity index (χ2n) is 3.11. The summed E-state index contributed by atoms with van der Waals surface area (Å²) in [6, 6.07) is 0. The van der Waals surface area contributed by atoms with Gasteiger partial charge in [-0.05, 0) is 25.7 Å². The first-order chi connectivity index (χ1) is 5.75. The minimum absolute atomic E-state index is 0.217. The van der Waals surface area contributed by atoms with Gasteiger partial charge in [0.1, 0.15) is 0 Å². The average Bonchev–Trinajstić information content (AvgIpc) is 2.07. The van der Waals surface area contributed by atoms with E-state index in [9.17, 15) is 4.79 Å². The van der Waals surface area contributed by atoms with E-state index in [1.54, 1.807) is 0 Å². The van der Waals surface area contributed by atoms with Gasteiger partial charge in [-0.15, -0.1) is 0 Å². The number of hydrogen-bond donors (Lipinski definition) is 2. The fourth-order valence-electron chi connectivity index (χ4n) is 1.61. The van der Waals surface area contributed by atoms with Crippen LogP contribution in [0, 0.1) is 0 Å². The molecule has 0 spiro atoms. The normalized spacial score (nSPS) is 17.6. The Hall–Kier alpha value is -0.830. The molecule has 0 atom stereocenters. The van der Waals surface area contributed by atoms with Crippen molar-refractivity contribution in [1.29, 1.82) is 0 Å². The van der Waals surface area contributed by atoms with Crippen LogP contribution in [0.25, 0.3) is 0 Å². The summed E-state index contributed by atoms with van der Waals surface area (Å²) >= 11 is 0. The molecule has 0 aromatic rings. The minimum atomic E-state index is -0.964. The molecule has 1 rings (SSSR count). The molecule has 1 fully saturated rings. The molecule has 0 saturated heterocycles. The van der Waals surface area contributed by atoms with Crippen LogP contribution in [0.15, 0.2) is 11.1 Å². The van der Waals surface area contributed by atoms with Gasteiger partial charge in [-0.25, -0.2) is 4.79 Å². The third-order valence-electron chi connectivity index (χ3n) is 2.30. The Kier molecular flexibility index (Phi) is 3.29. The Bertz CT molecular complexity index is 198. The summed E-state index contributed by atoms with van der Waals surface area (Å²) in [4.78, 5) is 10.6. The summed E-state index contributed by atoms with van der Waals surface area (Å²) in [6.07, 6.45) is 5.00. The Labute approximate surface area is 71.7 Å². The van der Waals surface area contributed by atoms with Gasteiger partial charge in [-0.3, -0.25) is 0 Å². The number of carboxylic acid groups (broad SMARTS) is 1. The molecule has 1 saturated carbocycles. The van der Waals surface area contributed by atoms with Crippen LogP contribution in [0.4, 0.5) is 0 Å². The number of hydrogen-bond acceptors (Lipinski definition) is 2. The molecular formula is C9H14O3. The summed E-state index contributed by atoms with van der Waals surface area (Å²) in [7, 11) is 0. The topological polar surface area (TPSA) is 57.5 Å². The van der Waals surface area contributed by atoms with Crippen molar-refractivity contribution in [3.8, 4) is 0 Å². The highest BCUT2D eigenvalue weighted by Gasteiger charge is 2.15. The molecule has 0 unspecified atom stereocenters.